The summed E-state index contributed by atoms with van der Waals surface area (Å²) in [6, 6.07) is 64.9. The number of hydrogen-bond donors (Lipinski definition) is 0. The maximum Gasteiger partial charge on any atom is 0.160 e. The summed E-state index contributed by atoms with van der Waals surface area (Å²) in [5.74, 6) is 0.715. The van der Waals surface area contributed by atoms with E-state index >= 15 is 0 Å². The first kappa shape index (κ1) is 30.7. The number of benzene rings is 7. The van der Waals surface area contributed by atoms with Gasteiger partial charge in [-0.25, -0.2) is 9.97 Å². The van der Waals surface area contributed by atoms with Crippen LogP contribution in [0.25, 0.3) is 78.4 Å². The van der Waals surface area contributed by atoms with Crippen molar-refractivity contribution in [2.24, 2.45) is 0 Å². The molecule has 1 heterocycles. The summed E-state index contributed by atoms with van der Waals surface area (Å²) in [6.07, 6.45) is 0. The third kappa shape index (κ3) is 5.56. The molecule has 0 unspecified atom stereocenters. The maximum absolute atomic E-state index is 5.02. The molecule has 1 aliphatic carbocycles. The van der Waals surface area contributed by atoms with E-state index in [4.69, 9.17) is 9.97 Å². The quantitative estimate of drug-likeness (QED) is 0.179. The monoisotopic (exact) mass is 652 g/mol. The summed E-state index contributed by atoms with van der Waals surface area (Å²) in [5.41, 5.74) is 17.6. The molecule has 0 radical (unpaired) electrons. The average Bonchev–Trinajstić information content (AvgIpc) is 3.43. The van der Waals surface area contributed by atoms with E-state index in [1.165, 1.54) is 50.1 Å². The van der Waals surface area contributed by atoms with Gasteiger partial charge in [0.25, 0.3) is 0 Å². The van der Waals surface area contributed by atoms with Gasteiger partial charge in [-0.2, -0.15) is 0 Å². The standard InChI is InChI=1S/C49H36N2/c1-49(2)44-21-13-12-20-40(44)43-30-41(35-14-6-3-7-15-35)42(31-45(43)49)36-26-22-33(23-27-36)34-24-28-39(29-25-34)48-50-46(37-16-8-4-9-17-37)32-47(51-48)38-18-10-5-11-19-38/h3-32H,1-2H3. The van der Waals surface area contributed by atoms with Gasteiger partial charge in [-0.3, -0.25) is 0 Å². The first-order valence-corrected chi connectivity index (χ1v) is 17.6. The predicted octanol–water partition coefficient (Wildman–Crippen LogP) is 12.8. The molecule has 2 nitrogen and oxygen atoms in total. The Morgan fingerprint density at radius 2 is 0.745 bits per heavy atom. The molecule has 0 spiro atoms. The van der Waals surface area contributed by atoms with E-state index in [0.717, 1.165) is 33.6 Å². The second-order valence-electron chi connectivity index (χ2n) is 13.8. The van der Waals surface area contributed by atoms with E-state index in [1.807, 2.05) is 36.4 Å². The van der Waals surface area contributed by atoms with Gasteiger partial charge < -0.3 is 0 Å². The molecule has 0 saturated heterocycles. The van der Waals surface area contributed by atoms with Gasteiger partial charge in [0, 0.05) is 22.1 Å². The average molecular weight is 653 g/mol. The second kappa shape index (κ2) is 12.5. The molecule has 51 heavy (non-hydrogen) atoms. The molecule has 0 aliphatic heterocycles. The summed E-state index contributed by atoms with van der Waals surface area (Å²) in [4.78, 5) is 10.0. The maximum atomic E-state index is 5.02. The summed E-state index contributed by atoms with van der Waals surface area (Å²) in [6.45, 7) is 4.70. The number of fused-ring (bicyclic) bond motifs is 3. The molecule has 7 aromatic carbocycles. The number of rotatable bonds is 6. The van der Waals surface area contributed by atoms with Gasteiger partial charge in [0.15, 0.2) is 5.82 Å². The van der Waals surface area contributed by atoms with Crippen molar-refractivity contribution in [3.05, 3.63) is 193 Å². The Morgan fingerprint density at radius 1 is 0.314 bits per heavy atom. The molecular weight excluding hydrogens is 617 g/mol. The van der Waals surface area contributed by atoms with Crippen molar-refractivity contribution >= 4 is 0 Å². The summed E-state index contributed by atoms with van der Waals surface area (Å²) >= 11 is 0. The molecule has 1 aromatic heterocycles. The highest BCUT2D eigenvalue weighted by atomic mass is 14.9. The topological polar surface area (TPSA) is 25.8 Å². The van der Waals surface area contributed by atoms with Crippen LogP contribution in [0.15, 0.2) is 182 Å². The van der Waals surface area contributed by atoms with E-state index in [2.05, 4.69) is 159 Å². The van der Waals surface area contributed by atoms with Crippen molar-refractivity contribution in [1.29, 1.82) is 0 Å². The Kier molecular flexibility index (Phi) is 7.51. The first-order chi connectivity index (χ1) is 25.0. The highest BCUT2D eigenvalue weighted by Crippen LogP contribution is 2.51. The van der Waals surface area contributed by atoms with Crippen LogP contribution in [-0.4, -0.2) is 9.97 Å². The number of nitrogens with zero attached hydrogens (tertiary/aromatic N) is 2. The van der Waals surface area contributed by atoms with Crippen molar-refractivity contribution in [1.82, 2.24) is 9.97 Å². The van der Waals surface area contributed by atoms with Crippen molar-refractivity contribution in [3.63, 3.8) is 0 Å². The van der Waals surface area contributed by atoms with Gasteiger partial charge in [-0.15, -0.1) is 0 Å². The van der Waals surface area contributed by atoms with Crippen LogP contribution >= 0.6 is 0 Å². The number of aromatic nitrogens is 2. The summed E-state index contributed by atoms with van der Waals surface area (Å²) < 4.78 is 0. The van der Waals surface area contributed by atoms with E-state index in [1.54, 1.807) is 0 Å². The van der Waals surface area contributed by atoms with Crippen molar-refractivity contribution < 1.29 is 0 Å². The Morgan fingerprint density at radius 3 is 1.31 bits per heavy atom. The van der Waals surface area contributed by atoms with E-state index in [9.17, 15) is 0 Å². The van der Waals surface area contributed by atoms with E-state index < -0.39 is 0 Å². The Bertz CT molecular complexity index is 2440. The van der Waals surface area contributed by atoms with Gasteiger partial charge in [-0.1, -0.05) is 178 Å². The van der Waals surface area contributed by atoms with E-state index in [0.29, 0.717) is 5.82 Å². The van der Waals surface area contributed by atoms with E-state index in [-0.39, 0.29) is 5.41 Å². The highest BCUT2D eigenvalue weighted by Gasteiger charge is 2.36. The zero-order valence-corrected chi connectivity index (χ0v) is 28.7. The minimum atomic E-state index is -0.0657. The molecule has 0 saturated carbocycles. The van der Waals surface area contributed by atoms with Crippen LogP contribution in [0.2, 0.25) is 0 Å². The Balaban J connectivity index is 1.07. The van der Waals surface area contributed by atoms with Gasteiger partial charge in [0.2, 0.25) is 0 Å². The third-order valence-electron chi connectivity index (χ3n) is 10.3. The molecule has 1 aliphatic rings. The molecule has 9 rings (SSSR count). The SMILES string of the molecule is CC1(C)c2ccccc2-c2cc(-c3ccccc3)c(-c3ccc(-c4ccc(-c5nc(-c6ccccc6)cc(-c6ccccc6)n5)cc4)cc3)cc21. The van der Waals surface area contributed by atoms with Crippen LogP contribution < -0.4 is 0 Å². The molecule has 0 fully saturated rings. The first-order valence-electron chi connectivity index (χ1n) is 17.6. The van der Waals surface area contributed by atoms with Crippen molar-refractivity contribution in [2.75, 3.05) is 0 Å². The zero-order valence-electron chi connectivity index (χ0n) is 28.7. The van der Waals surface area contributed by atoms with Crippen LogP contribution in [0.3, 0.4) is 0 Å². The van der Waals surface area contributed by atoms with Crippen LogP contribution in [0.4, 0.5) is 0 Å². The van der Waals surface area contributed by atoms with Crippen molar-refractivity contribution in [2.45, 2.75) is 19.3 Å². The molecule has 2 heteroatoms. The highest BCUT2D eigenvalue weighted by molar-refractivity contribution is 5.92. The third-order valence-corrected chi connectivity index (χ3v) is 10.3. The van der Waals surface area contributed by atoms with Crippen molar-refractivity contribution in [3.8, 4) is 78.4 Å². The second-order valence-corrected chi connectivity index (χ2v) is 13.8. The molecule has 0 amide bonds. The fraction of sp³-hybridized carbons (Fsp3) is 0.0612. The molecule has 0 N–H and O–H groups in total. The lowest BCUT2D eigenvalue weighted by molar-refractivity contribution is 0.660. The lowest BCUT2D eigenvalue weighted by atomic mass is 9.80. The largest absolute Gasteiger partial charge is 0.228 e. The van der Waals surface area contributed by atoms with Crippen LogP contribution in [-0.2, 0) is 5.41 Å². The van der Waals surface area contributed by atoms with Gasteiger partial charge in [-0.05, 0) is 73.8 Å². The molecule has 242 valence electrons. The minimum absolute atomic E-state index is 0.0657. The smallest absolute Gasteiger partial charge is 0.160 e. The molecule has 8 aromatic rings. The van der Waals surface area contributed by atoms with Gasteiger partial charge >= 0.3 is 0 Å². The lowest BCUT2D eigenvalue weighted by Gasteiger charge is -2.23. The van der Waals surface area contributed by atoms with Crippen LogP contribution in [0.5, 0.6) is 0 Å². The molecular formula is C49H36N2. The molecule has 0 atom stereocenters. The van der Waals surface area contributed by atoms with Gasteiger partial charge in [0.1, 0.15) is 0 Å². The summed E-state index contributed by atoms with van der Waals surface area (Å²) in [5, 5.41) is 0. The van der Waals surface area contributed by atoms with Crippen LogP contribution in [0.1, 0.15) is 25.0 Å². The minimum Gasteiger partial charge on any atom is -0.228 e. The number of hydrogen-bond acceptors (Lipinski definition) is 2. The zero-order chi connectivity index (χ0) is 34.4. The fourth-order valence-corrected chi connectivity index (χ4v) is 7.59. The van der Waals surface area contributed by atoms with Crippen LogP contribution in [0, 0.1) is 0 Å². The normalized spacial score (nSPS) is 12.7. The van der Waals surface area contributed by atoms with Gasteiger partial charge in [0.05, 0.1) is 11.4 Å². The Labute approximate surface area is 299 Å². The summed E-state index contributed by atoms with van der Waals surface area (Å²) in [7, 11) is 0. The fourth-order valence-electron chi connectivity index (χ4n) is 7.59. The Hall–Kier alpha value is -6.38. The lowest BCUT2D eigenvalue weighted by Crippen LogP contribution is -2.15. The molecule has 0 bridgehead atoms. The predicted molar refractivity (Wildman–Crippen MR) is 212 cm³/mol.